The summed E-state index contributed by atoms with van der Waals surface area (Å²) in [4.78, 5) is 1.51. The fourth-order valence-electron chi connectivity index (χ4n) is 1.71. The van der Waals surface area contributed by atoms with E-state index in [1.807, 2.05) is 11.3 Å². The molecule has 0 saturated heterocycles. The zero-order valence-electron chi connectivity index (χ0n) is 12.2. The Labute approximate surface area is 121 Å². The second kappa shape index (κ2) is 8.23. The normalized spacial score (nSPS) is 13.8. The van der Waals surface area contributed by atoms with E-state index in [2.05, 4.69) is 62.3 Å². The average molecular weight is 286 g/mol. The van der Waals surface area contributed by atoms with E-state index in [1.165, 1.54) is 29.9 Å². The molecule has 0 spiro atoms. The predicted molar refractivity (Wildman–Crippen MR) is 86.9 cm³/mol. The fraction of sp³-hybridized carbons (Fsp3) is 0.733. The summed E-state index contributed by atoms with van der Waals surface area (Å²) in [6, 6.07) is 5.05. The summed E-state index contributed by atoms with van der Waals surface area (Å²) in [5.41, 5.74) is 0. The third-order valence-electron chi connectivity index (χ3n) is 2.72. The van der Waals surface area contributed by atoms with E-state index in [-0.39, 0.29) is 0 Å². The lowest BCUT2D eigenvalue weighted by Gasteiger charge is -2.23. The van der Waals surface area contributed by atoms with E-state index in [0.717, 1.165) is 6.54 Å². The molecule has 0 bridgehead atoms. The molecule has 1 aromatic rings. The van der Waals surface area contributed by atoms with Crippen LogP contribution in [0.15, 0.2) is 17.5 Å². The van der Waals surface area contributed by atoms with Gasteiger partial charge in [-0.15, -0.1) is 11.3 Å². The third-order valence-corrected chi connectivity index (χ3v) is 5.09. The van der Waals surface area contributed by atoms with Crippen molar-refractivity contribution in [2.24, 2.45) is 0 Å². The maximum atomic E-state index is 3.69. The molecule has 1 atom stereocenters. The molecule has 3 heteroatoms. The maximum Gasteiger partial charge on any atom is 0.0161 e. The second-order valence-electron chi connectivity index (χ2n) is 5.69. The van der Waals surface area contributed by atoms with Gasteiger partial charge in [0.1, 0.15) is 0 Å². The summed E-state index contributed by atoms with van der Waals surface area (Å²) in [6.45, 7) is 10.3. The van der Waals surface area contributed by atoms with Gasteiger partial charge in [0, 0.05) is 21.4 Å². The lowest BCUT2D eigenvalue weighted by Crippen LogP contribution is -2.33. The van der Waals surface area contributed by atoms with Crippen molar-refractivity contribution in [2.75, 3.05) is 12.3 Å². The Kier molecular flexibility index (Phi) is 7.35. The van der Waals surface area contributed by atoms with Gasteiger partial charge < -0.3 is 5.32 Å². The summed E-state index contributed by atoms with van der Waals surface area (Å²) in [5.74, 6) is 1.22. The Hall–Kier alpha value is 0.01000. The van der Waals surface area contributed by atoms with Crippen LogP contribution < -0.4 is 5.32 Å². The maximum absolute atomic E-state index is 3.69. The van der Waals surface area contributed by atoms with Gasteiger partial charge in [-0.3, -0.25) is 0 Å². The first-order valence-corrected chi connectivity index (χ1v) is 8.77. The van der Waals surface area contributed by atoms with Crippen LogP contribution in [-0.2, 0) is 6.42 Å². The SMILES string of the molecule is CCCNC(CCc1cccs1)CSC(C)(C)C. The molecular formula is C15H27NS2. The fourth-order valence-corrected chi connectivity index (χ4v) is 3.43. The lowest BCUT2D eigenvalue weighted by molar-refractivity contribution is 0.520. The smallest absolute Gasteiger partial charge is 0.0161 e. The van der Waals surface area contributed by atoms with Gasteiger partial charge in [-0.1, -0.05) is 33.8 Å². The van der Waals surface area contributed by atoms with Crippen LogP contribution in [0.5, 0.6) is 0 Å². The van der Waals surface area contributed by atoms with Crippen LogP contribution in [0.3, 0.4) is 0 Å². The van der Waals surface area contributed by atoms with Gasteiger partial charge >= 0.3 is 0 Å². The molecule has 0 saturated carbocycles. The Morgan fingerprint density at radius 1 is 1.39 bits per heavy atom. The first kappa shape index (κ1) is 16.1. The van der Waals surface area contributed by atoms with E-state index in [9.17, 15) is 0 Å². The van der Waals surface area contributed by atoms with Crippen molar-refractivity contribution in [3.8, 4) is 0 Å². The number of aryl methyl sites for hydroxylation is 1. The van der Waals surface area contributed by atoms with Gasteiger partial charge in [0.25, 0.3) is 0 Å². The summed E-state index contributed by atoms with van der Waals surface area (Å²) in [7, 11) is 0. The monoisotopic (exact) mass is 285 g/mol. The third kappa shape index (κ3) is 7.45. The van der Waals surface area contributed by atoms with Crippen molar-refractivity contribution in [3.05, 3.63) is 22.4 Å². The van der Waals surface area contributed by atoms with Crippen LogP contribution in [-0.4, -0.2) is 23.1 Å². The van der Waals surface area contributed by atoms with Crippen molar-refractivity contribution in [2.45, 2.75) is 57.7 Å². The molecular weight excluding hydrogens is 258 g/mol. The quantitative estimate of drug-likeness (QED) is 0.750. The highest BCUT2D eigenvalue weighted by Gasteiger charge is 2.15. The zero-order chi connectivity index (χ0) is 13.4. The molecule has 0 fully saturated rings. The van der Waals surface area contributed by atoms with Crippen LogP contribution in [0, 0.1) is 0 Å². The molecule has 104 valence electrons. The van der Waals surface area contributed by atoms with Gasteiger partial charge in [-0.25, -0.2) is 0 Å². The number of nitrogens with one attached hydrogen (secondary N) is 1. The Morgan fingerprint density at radius 3 is 2.72 bits per heavy atom. The van der Waals surface area contributed by atoms with Gasteiger partial charge in [0.2, 0.25) is 0 Å². The Balaban J connectivity index is 2.34. The van der Waals surface area contributed by atoms with Crippen LogP contribution in [0.2, 0.25) is 0 Å². The molecule has 1 rings (SSSR count). The van der Waals surface area contributed by atoms with Crippen LogP contribution in [0.25, 0.3) is 0 Å². The lowest BCUT2D eigenvalue weighted by atomic mass is 10.1. The van der Waals surface area contributed by atoms with Gasteiger partial charge in [-0.05, 0) is 37.3 Å². The van der Waals surface area contributed by atoms with Crippen molar-refractivity contribution in [1.29, 1.82) is 0 Å². The van der Waals surface area contributed by atoms with E-state index >= 15 is 0 Å². The Morgan fingerprint density at radius 2 is 2.17 bits per heavy atom. The molecule has 1 aromatic heterocycles. The predicted octanol–water partition coefficient (Wildman–Crippen LogP) is 4.58. The molecule has 1 heterocycles. The first-order valence-electron chi connectivity index (χ1n) is 6.91. The van der Waals surface area contributed by atoms with Crippen molar-refractivity contribution in [1.82, 2.24) is 5.32 Å². The van der Waals surface area contributed by atoms with Crippen LogP contribution >= 0.6 is 23.1 Å². The highest BCUT2D eigenvalue weighted by molar-refractivity contribution is 8.00. The summed E-state index contributed by atoms with van der Waals surface area (Å²) >= 11 is 3.95. The topological polar surface area (TPSA) is 12.0 Å². The minimum absolute atomic E-state index is 0.370. The summed E-state index contributed by atoms with van der Waals surface area (Å²) in [5, 5.41) is 5.86. The molecule has 1 N–H and O–H groups in total. The van der Waals surface area contributed by atoms with Gasteiger partial charge in [0.05, 0.1) is 0 Å². The number of rotatable bonds is 8. The minimum Gasteiger partial charge on any atom is -0.313 e. The second-order valence-corrected chi connectivity index (χ2v) is 8.57. The average Bonchev–Trinajstić information content (AvgIpc) is 2.79. The largest absolute Gasteiger partial charge is 0.313 e. The molecule has 0 aromatic carbocycles. The molecule has 0 aliphatic carbocycles. The summed E-state index contributed by atoms with van der Waals surface area (Å²) in [6.07, 6.45) is 3.68. The molecule has 0 amide bonds. The van der Waals surface area contributed by atoms with Gasteiger partial charge in [-0.2, -0.15) is 11.8 Å². The van der Waals surface area contributed by atoms with Crippen LogP contribution in [0.4, 0.5) is 0 Å². The molecule has 0 aliphatic heterocycles. The summed E-state index contributed by atoms with van der Waals surface area (Å²) < 4.78 is 0.370. The number of hydrogen-bond acceptors (Lipinski definition) is 3. The molecule has 18 heavy (non-hydrogen) atoms. The van der Waals surface area contributed by atoms with E-state index in [1.54, 1.807) is 0 Å². The molecule has 0 radical (unpaired) electrons. The highest BCUT2D eigenvalue weighted by atomic mass is 32.2. The minimum atomic E-state index is 0.370. The Bertz CT molecular complexity index is 301. The van der Waals surface area contributed by atoms with E-state index in [4.69, 9.17) is 0 Å². The number of thiophene rings is 1. The number of hydrogen-bond donors (Lipinski definition) is 1. The van der Waals surface area contributed by atoms with E-state index < -0.39 is 0 Å². The van der Waals surface area contributed by atoms with E-state index in [0.29, 0.717) is 10.8 Å². The van der Waals surface area contributed by atoms with Crippen LogP contribution in [0.1, 0.15) is 45.4 Å². The standard InChI is InChI=1S/C15H27NS2/c1-5-10-16-13(12-18-15(2,3)4)8-9-14-7-6-11-17-14/h6-7,11,13,16H,5,8-10,12H2,1-4H3. The van der Waals surface area contributed by atoms with Crippen molar-refractivity contribution < 1.29 is 0 Å². The van der Waals surface area contributed by atoms with Crippen molar-refractivity contribution >= 4 is 23.1 Å². The molecule has 1 unspecified atom stereocenters. The highest BCUT2D eigenvalue weighted by Crippen LogP contribution is 2.25. The molecule has 1 nitrogen and oxygen atoms in total. The zero-order valence-corrected chi connectivity index (χ0v) is 13.8. The first-order chi connectivity index (χ1) is 8.51. The molecule has 0 aliphatic rings. The van der Waals surface area contributed by atoms with Gasteiger partial charge in [0.15, 0.2) is 0 Å². The van der Waals surface area contributed by atoms with Crippen molar-refractivity contribution in [3.63, 3.8) is 0 Å². The number of thioether (sulfide) groups is 1.